The molecule has 26 heavy (non-hydrogen) atoms. The molecule has 0 aromatic heterocycles. The van der Waals surface area contributed by atoms with Gasteiger partial charge < -0.3 is 13.7 Å². The van der Waals surface area contributed by atoms with E-state index in [9.17, 15) is 4.79 Å². The molecule has 0 fully saturated rings. The van der Waals surface area contributed by atoms with Crippen LogP contribution in [0.3, 0.4) is 0 Å². The fourth-order valence-electron chi connectivity index (χ4n) is 2.94. The minimum atomic E-state index is -0.279. The van der Waals surface area contributed by atoms with Crippen LogP contribution in [0, 0.1) is 11.8 Å². The van der Waals surface area contributed by atoms with E-state index in [0.29, 0.717) is 6.42 Å². The van der Waals surface area contributed by atoms with Crippen molar-refractivity contribution >= 4 is 18.9 Å². The largest absolute Gasteiger partial charge is 0.458 e. The first-order valence-corrected chi connectivity index (χ1v) is 9.63. The SMILES string of the molecule is C=CCCCCC(=O)O[C@@H](/C(C)=C\[C@@H](C)[C@H](OS)C(C=C)OC)C(C)C. The number of ether oxygens (including phenoxy) is 2. The van der Waals surface area contributed by atoms with Crippen LogP contribution in [0.4, 0.5) is 0 Å². The van der Waals surface area contributed by atoms with E-state index in [4.69, 9.17) is 13.7 Å². The van der Waals surface area contributed by atoms with Gasteiger partial charge in [-0.1, -0.05) is 39.0 Å². The summed E-state index contributed by atoms with van der Waals surface area (Å²) in [6.07, 6.45) is 7.96. The number of carbonyl (C=O) groups is 1. The average molecular weight is 385 g/mol. The number of hydrogen-bond acceptors (Lipinski definition) is 5. The van der Waals surface area contributed by atoms with Gasteiger partial charge in [0.15, 0.2) is 0 Å². The summed E-state index contributed by atoms with van der Waals surface area (Å²) in [6.45, 7) is 15.6. The molecule has 0 bridgehead atoms. The summed E-state index contributed by atoms with van der Waals surface area (Å²) in [5.41, 5.74) is 1.00. The summed E-state index contributed by atoms with van der Waals surface area (Å²) >= 11 is 3.98. The van der Waals surface area contributed by atoms with Crippen molar-refractivity contribution in [1.29, 1.82) is 0 Å². The van der Waals surface area contributed by atoms with Crippen molar-refractivity contribution in [1.82, 2.24) is 0 Å². The molecule has 0 aromatic rings. The van der Waals surface area contributed by atoms with Crippen LogP contribution < -0.4 is 0 Å². The number of allylic oxidation sites excluding steroid dienone is 1. The first-order valence-electron chi connectivity index (χ1n) is 9.26. The molecule has 150 valence electrons. The Morgan fingerprint density at radius 3 is 2.31 bits per heavy atom. The quantitative estimate of drug-likeness (QED) is 0.145. The van der Waals surface area contributed by atoms with E-state index >= 15 is 0 Å². The minimum Gasteiger partial charge on any atom is -0.458 e. The van der Waals surface area contributed by atoms with Crippen molar-refractivity contribution in [3.05, 3.63) is 37.0 Å². The highest BCUT2D eigenvalue weighted by molar-refractivity contribution is 7.75. The van der Waals surface area contributed by atoms with Crippen molar-refractivity contribution in [2.75, 3.05) is 7.11 Å². The maximum atomic E-state index is 12.2. The Morgan fingerprint density at radius 1 is 1.19 bits per heavy atom. The Kier molecular flexibility index (Phi) is 13.5. The zero-order valence-corrected chi connectivity index (χ0v) is 17.8. The highest BCUT2D eigenvalue weighted by Crippen LogP contribution is 2.23. The maximum absolute atomic E-state index is 12.2. The van der Waals surface area contributed by atoms with Crippen molar-refractivity contribution in [2.24, 2.45) is 11.8 Å². The normalized spacial score (nSPS) is 16.7. The summed E-state index contributed by atoms with van der Waals surface area (Å²) in [7, 11) is 1.61. The lowest BCUT2D eigenvalue weighted by Crippen LogP contribution is -2.33. The molecule has 0 rings (SSSR count). The summed E-state index contributed by atoms with van der Waals surface area (Å²) < 4.78 is 16.4. The van der Waals surface area contributed by atoms with Crippen LogP contribution in [0.15, 0.2) is 37.0 Å². The third-order valence-corrected chi connectivity index (χ3v) is 4.59. The van der Waals surface area contributed by atoms with Crippen molar-refractivity contribution in [2.45, 2.75) is 71.7 Å². The fourth-order valence-corrected chi connectivity index (χ4v) is 3.25. The number of esters is 1. The molecule has 0 aliphatic carbocycles. The summed E-state index contributed by atoms with van der Waals surface area (Å²) in [5.74, 6) is 0.0441. The molecule has 0 aliphatic rings. The molecule has 4 nitrogen and oxygen atoms in total. The average Bonchev–Trinajstić information content (AvgIpc) is 2.60. The Morgan fingerprint density at radius 2 is 1.85 bits per heavy atom. The monoisotopic (exact) mass is 384 g/mol. The number of hydrogen-bond donors (Lipinski definition) is 1. The second-order valence-electron chi connectivity index (χ2n) is 6.96. The summed E-state index contributed by atoms with van der Waals surface area (Å²) in [4.78, 5) is 12.2. The van der Waals surface area contributed by atoms with Crippen LogP contribution in [0.1, 0.15) is 53.4 Å². The maximum Gasteiger partial charge on any atom is 0.306 e. The molecule has 0 radical (unpaired) electrons. The van der Waals surface area contributed by atoms with Crippen LogP contribution in [0.2, 0.25) is 0 Å². The lowest BCUT2D eigenvalue weighted by Gasteiger charge is -2.27. The van der Waals surface area contributed by atoms with Gasteiger partial charge in [0, 0.05) is 19.4 Å². The zero-order valence-electron chi connectivity index (χ0n) is 16.9. The van der Waals surface area contributed by atoms with Gasteiger partial charge >= 0.3 is 5.97 Å². The molecule has 0 spiro atoms. The lowest BCUT2D eigenvalue weighted by atomic mass is 9.92. The number of methoxy groups -OCH3 is 1. The Bertz CT molecular complexity index is 459. The van der Waals surface area contributed by atoms with Gasteiger partial charge in [-0.2, -0.15) is 0 Å². The second kappa shape index (κ2) is 14.1. The highest BCUT2D eigenvalue weighted by atomic mass is 32.1. The molecule has 0 saturated carbocycles. The summed E-state index contributed by atoms with van der Waals surface area (Å²) in [6, 6.07) is 0. The van der Waals surface area contributed by atoms with E-state index in [1.54, 1.807) is 13.2 Å². The van der Waals surface area contributed by atoms with Gasteiger partial charge in [0.2, 0.25) is 0 Å². The molecule has 5 heteroatoms. The molecular formula is C21H36O4S. The van der Waals surface area contributed by atoms with Gasteiger partial charge in [0.1, 0.15) is 18.3 Å². The lowest BCUT2D eigenvalue weighted by molar-refractivity contribution is -0.149. The molecule has 0 aliphatic heterocycles. The van der Waals surface area contributed by atoms with Gasteiger partial charge in [0.25, 0.3) is 0 Å². The Labute approximate surface area is 165 Å². The Balaban J connectivity index is 5.00. The van der Waals surface area contributed by atoms with E-state index in [1.807, 2.05) is 33.8 Å². The molecular weight excluding hydrogens is 348 g/mol. The third-order valence-electron chi connectivity index (χ3n) is 4.35. The van der Waals surface area contributed by atoms with Gasteiger partial charge in [-0.15, -0.1) is 13.2 Å². The van der Waals surface area contributed by atoms with Gasteiger partial charge in [-0.25, -0.2) is 0 Å². The number of rotatable bonds is 14. The Hall–Kier alpha value is -1.04. The van der Waals surface area contributed by atoms with E-state index in [1.165, 1.54) is 0 Å². The van der Waals surface area contributed by atoms with E-state index in [2.05, 4.69) is 32.1 Å². The zero-order chi connectivity index (χ0) is 20.1. The van der Waals surface area contributed by atoms with Gasteiger partial charge in [-0.05, 0) is 50.6 Å². The molecule has 0 aromatic carbocycles. The predicted octanol–water partition coefficient (Wildman–Crippen LogP) is 5.31. The predicted molar refractivity (Wildman–Crippen MR) is 111 cm³/mol. The molecule has 1 unspecified atom stereocenters. The topological polar surface area (TPSA) is 44.8 Å². The van der Waals surface area contributed by atoms with Crippen LogP contribution in [-0.4, -0.2) is 31.4 Å². The first kappa shape index (κ1) is 25.0. The molecule has 0 heterocycles. The third kappa shape index (κ3) is 9.06. The van der Waals surface area contributed by atoms with Crippen LogP contribution in [-0.2, 0) is 18.5 Å². The van der Waals surface area contributed by atoms with E-state index < -0.39 is 0 Å². The molecule has 0 amide bonds. The minimum absolute atomic E-state index is 0.0167. The van der Waals surface area contributed by atoms with Crippen molar-refractivity contribution in [3.8, 4) is 0 Å². The van der Waals surface area contributed by atoms with Crippen molar-refractivity contribution < 1.29 is 18.5 Å². The van der Waals surface area contributed by atoms with Gasteiger partial charge in [-0.3, -0.25) is 4.79 Å². The van der Waals surface area contributed by atoms with Crippen molar-refractivity contribution in [3.63, 3.8) is 0 Å². The summed E-state index contributed by atoms with van der Waals surface area (Å²) in [5, 5.41) is 0. The number of carbonyl (C=O) groups excluding carboxylic acids is 1. The molecule has 0 saturated heterocycles. The van der Waals surface area contributed by atoms with Crippen LogP contribution >= 0.6 is 12.9 Å². The van der Waals surface area contributed by atoms with E-state index in [-0.39, 0.29) is 36.1 Å². The number of thiol groups is 1. The highest BCUT2D eigenvalue weighted by Gasteiger charge is 2.26. The molecule has 0 N–H and O–H groups in total. The van der Waals surface area contributed by atoms with E-state index in [0.717, 1.165) is 24.8 Å². The van der Waals surface area contributed by atoms with Crippen LogP contribution in [0.25, 0.3) is 0 Å². The fraction of sp³-hybridized carbons (Fsp3) is 0.667. The van der Waals surface area contributed by atoms with Crippen LogP contribution in [0.5, 0.6) is 0 Å². The first-order chi connectivity index (χ1) is 12.3. The smallest absolute Gasteiger partial charge is 0.306 e. The standard InChI is InChI=1S/C21H36O4S/c1-8-10-11-12-13-19(22)24-20(15(3)4)16(5)14-17(6)21(25-26)18(9-2)23-7/h8-9,14-15,17-18,20-21,26H,1-2,10-13H2,3-7H3/b16-14-/t17-,18?,20-,21+/m1/s1. The number of unbranched alkanes of at least 4 members (excludes halogenated alkanes) is 2. The van der Waals surface area contributed by atoms with Gasteiger partial charge in [0.05, 0.1) is 0 Å². The second-order valence-corrected chi connectivity index (χ2v) is 7.18. The molecule has 4 atom stereocenters.